The van der Waals surface area contributed by atoms with E-state index in [9.17, 15) is 0 Å². The van der Waals surface area contributed by atoms with Crippen molar-refractivity contribution in [2.24, 2.45) is 0 Å². The fraction of sp³-hybridized carbons (Fsp3) is 0.250. The highest BCUT2D eigenvalue weighted by molar-refractivity contribution is 7.09. The van der Waals surface area contributed by atoms with E-state index in [0.717, 1.165) is 25.3 Å². The summed E-state index contributed by atoms with van der Waals surface area (Å²) in [6.07, 6.45) is 2.85. The van der Waals surface area contributed by atoms with Crippen LogP contribution in [0.4, 0.5) is 0 Å². The summed E-state index contributed by atoms with van der Waals surface area (Å²) in [4.78, 5) is 1.43. The van der Waals surface area contributed by atoms with Crippen molar-refractivity contribution >= 4 is 11.3 Å². The molecule has 1 N–H and O–H groups in total. The number of hydrogen-bond donors (Lipinski definition) is 1. The van der Waals surface area contributed by atoms with Gasteiger partial charge in [0, 0.05) is 18.0 Å². The molecule has 0 fully saturated rings. The maximum absolute atomic E-state index is 5.45. The third-order valence-electron chi connectivity index (χ3n) is 2.75. The first-order chi connectivity index (χ1) is 9.38. The monoisotopic (exact) mass is 273 g/mol. The van der Waals surface area contributed by atoms with Gasteiger partial charge < -0.3 is 10.1 Å². The molecule has 0 spiro atoms. The number of nitrogens with one attached hydrogen (secondary N) is 1. The molecule has 19 heavy (non-hydrogen) atoms. The Labute approximate surface area is 118 Å². The Morgan fingerprint density at radius 1 is 1.21 bits per heavy atom. The highest BCUT2D eigenvalue weighted by atomic mass is 32.1. The van der Waals surface area contributed by atoms with Gasteiger partial charge in [0.05, 0.1) is 0 Å². The number of benzene rings is 1. The van der Waals surface area contributed by atoms with Crippen LogP contribution in [0.5, 0.6) is 5.75 Å². The van der Waals surface area contributed by atoms with Gasteiger partial charge in [-0.3, -0.25) is 0 Å². The van der Waals surface area contributed by atoms with Crippen LogP contribution in [-0.2, 0) is 13.0 Å². The Kier molecular flexibility index (Phi) is 5.66. The first kappa shape index (κ1) is 13.8. The highest BCUT2D eigenvalue weighted by Gasteiger charge is 1.96. The topological polar surface area (TPSA) is 21.3 Å². The summed E-state index contributed by atoms with van der Waals surface area (Å²) in [7, 11) is 0. The van der Waals surface area contributed by atoms with E-state index in [1.165, 1.54) is 10.4 Å². The summed E-state index contributed by atoms with van der Waals surface area (Å²) in [6.45, 7) is 6.09. The molecule has 0 amide bonds. The number of hydrogen-bond acceptors (Lipinski definition) is 3. The fourth-order valence-electron chi connectivity index (χ4n) is 1.76. The number of rotatable bonds is 8. The molecule has 1 aromatic carbocycles. The minimum absolute atomic E-state index is 0.554. The van der Waals surface area contributed by atoms with Gasteiger partial charge in [-0.1, -0.05) is 30.9 Å². The molecule has 100 valence electrons. The van der Waals surface area contributed by atoms with Gasteiger partial charge in [-0.15, -0.1) is 11.3 Å². The molecule has 0 aliphatic heterocycles. The molecular formula is C16H19NOS. The Hall–Kier alpha value is -1.58. The van der Waals surface area contributed by atoms with Crippen molar-refractivity contribution in [3.05, 3.63) is 64.9 Å². The van der Waals surface area contributed by atoms with Gasteiger partial charge in [0.1, 0.15) is 12.4 Å². The van der Waals surface area contributed by atoms with E-state index in [1.807, 2.05) is 23.5 Å². The Morgan fingerprint density at radius 3 is 2.74 bits per heavy atom. The van der Waals surface area contributed by atoms with Crippen LogP contribution in [0, 0.1) is 0 Å². The predicted molar refractivity (Wildman–Crippen MR) is 81.9 cm³/mol. The lowest BCUT2D eigenvalue weighted by molar-refractivity contribution is 0.363. The molecule has 0 aliphatic carbocycles. The smallest absolute Gasteiger partial charge is 0.119 e. The van der Waals surface area contributed by atoms with Crippen LogP contribution in [0.25, 0.3) is 0 Å². The first-order valence-electron chi connectivity index (χ1n) is 6.44. The van der Waals surface area contributed by atoms with E-state index in [0.29, 0.717) is 6.61 Å². The van der Waals surface area contributed by atoms with E-state index in [-0.39, 0.29) is 0 Å². The SMILES string of the molecule is C=CCOc1ccc(CNCCc2cccs2)cc1. The molecule has 0 saturated carbocycles. The molecule has 3 heteroatoms. The van der Waals surface area contributed by atoms with Gasteiger partial charge in [0.25, 0.3) is 0 Å². The largest absolute Gasteiger partial charge is 0.490 e. The summed E-state index contributed by atoms with van der Waals surface area (Å²) in [5, 5.41) is 5.57. The zero-order valence-corrected chi connectivity index (χ0v) is 11.8. The molecule has 2 rings (SSSR count). The molecule has 2 aromatic rings. The van der Waals surface area contributed by atoms with Crippen molar-refractivity contribution < 1.29 is 4.74 Å². The second-order valence-electron chi connectivity index (χ2n) is 4.25. The van der Waals surface area contributed by atoms with Crippen molar-refractivity contribution in [2.75, 3.05) is 13.2 Å². The van der Waals surface area contributed by atoms with Gasteiger partial charge in [-0.2, -0.15) is 0 Å². The molecule has 2 nitrogen and oxygen atoms in total. The lowest BCUT2D eigenvalue weighted by Crippen LogP contribution is -2.16. The van der Waals surface area contributed by atoms with E-state index in [2.05, 4.69) is 41.5 Å². The highest BCUT2D eigenvalue weighted by Crippen LogP contribution is 2.12. The lowest BCUT2D eigenvalue weighted by Gasteiger charge is -2.06. The third-order valence-corrected chi connectivity index (χ3v) is 3.68. The van der Waals surface area contributed by atoms with Crippen LogP contribution in [0.3, 0.4) is 0 Å². The van der Waals surface area contributed by atoms with Crippen LogP contribution in [0.1, 0.15) is 10.4 Å². The Balaban J connectivity index is 1.69. The third kappa shape index (κ3) is 4.89. The van der Waals surface area contributed by atoms with E-state index >= 15 is 0 Å². The van der Waals surface area contributed by atoms with Crippen molar-refractivity contribution in [3.8, 4) is 5.75 Å². The summed E-state index contributed by atoms with van der Waals surface area (Å²) >= 11 is 1.81. The molecular weight excluding hydrogens is 254 g/mol. The summed E-state index contributed by atoms with van der Waals surface area (Å²) in [6, 6.07) is 12.5. The van der Waals surface area contributed by atoms with Crippen LogP contribution in [0.2, 0.25) is 0 Å². The minimum atomic E-state index is 0.554. The molecule has 0 bridgehead atoms. The molecule has 0 atom stereocenters. The van der Waals surface area contributed by atoms with E-state index in [1.54, 1.807) is 6.08 Å². The lowest BCUT2D eigenvalue weighted by atomic mass is 10.2. The average molecular weight is 273 g/mol. The molecule has 0 saturated heterocycles. The van der Waals surface area contributed by atoms with Crippen LogP contribution in [-0.4, -0.2) is 13.2 Å². The van der Waals surface area contributed by atoms with E-state index in [4.69, 9.17) is 4.74 Å². The number of ether oxygens (including phenoxy) is 1. The molecule has 1 heterocycles. The van der Waals surface area contributed by atoms with Gasteiger partial charge >= 0.3 is 0 Å². The van der Waals surface area contributed by atoms with Crippen LogP contribution >= 0.6 is 11.3 Å². The van der Waals surface area contributed by atoms with Crippen LogP contribution < -0.4 is 10.1 Å². The first-order valence-corrected chi connectivity index (χ1v) is 7.32. The quantitative estimate of drug-likeness (QED) is 0.585. The fourth-order valence-corrected chi connectivity index (χ4v) is 2.47. The summed E-state index contributed by atoms with van der Waals surface area (Å²) < 4.78 is 5.45. The predicted octanol–water partition coefficient (Wildman–Crippen LogP) is 3.65. The maximum atomic E-state index is 5.45. The standard InChI is InChI=1S/C16H19NOS/c1-2-11-18-15-7-5-14(6-8-15)13-17-10-9-16-4-3-12-19-16/h2-8,12,17H,1,9-11,13H2. The number of thiophene rings is 1. The summed E-state index contributed by atoms with van der Waals surface area (Å²) in [5.74, 6) is 0.891. The molecule has 0 aliphatic rings. The van der Waals surface area contributed by atoms with Gasteiger partial charge in [-0.05, 0) is 35.6 Å². The average Bonchev–Trinajstić information content (AvgIpc) is 2.96. The molecule has 1 aromatic heterocycles. The minimum Gasteiger partial charge on any atom is -0.490 e. The molecule has 0 radical (unpaired) electrons. The molecule has 0 unspecified atom stereocenters. The Bertz CT molecular complexity index is 476. The zero-order valence-electron chi connectivity index (χ0n) is 11.0. The van der Waals surface area contributed by atoms with Gasteiger partial charge in [-0.25, -0.2) is 0 Å². The normalized spacial score (nSPS) is 10.3. The van der Waals surface area contributed by atoms with Gasteiger partial charge in [0.2, 0.25) is 0 Å². The van der Waals surface area contributed by atoms with Crippen molar-refractivity contribution in [1.29, 1.82) is 0 Å². The zero-order chi connectivity index (χ0) is 13.3. The van der Waals surface area contributed by atoms with Crippen LogP contribution in [0.15, 0.2) is 54.4 Å². The summed E-state index contributed by atoms with van der Waals surface area (Å²) in [5.41, 5.74) is 1.28. The van der Waals surface area contributed by atoms with Gasteiger partial charge in [0.15, 0.2) is 0 Å². The van der Waals surface area contributed by atoms with Crippen molar-refractivity contribution in [3.63, 3.8) is 0 Å². The van der Waals surface area contributed by atoms with Crippen molar-refractivity contribution in [2.45, 2.75) is 13.0 Å². The Morgan fingerprint density at radius 2 is 2.05 bits per heavy atom. The van der Waals surface area contributed by atoms with Crippen molar-refractivity contribution in [1.82, 2.24) is 5.32 Å². The second-order valence-corrected chi connectivity index (χ2v) is 5.28. The van der Waals surface area contributed by atoms with E-state index < -0.39 is 0 Å². The maximum Gasteiger partial charge on any atom is 0.119 e. The second kappa shape index (κ2) is 7.77.